The van der Waals surface area contributed by atoms with Crippen molar-refractivity contribution in [3.63, 3.8) is 0 Å². The number of aromatic nitrogens is 2. The van der Waals surface area contributed by atoms with Crippen molar-refractivity contribution >= 4 is 11.9 Å². The van der Waals surface area contributed by atoms with E-state index in [1.807, 2.05) is 0 Å². The molecule has 0 aliphatic heterocycles. The van der Waals surface area contributed by atoms with Gasteiger partial charge < -0.3 is 10.4 Å². The number of halogens is 1. The van der Waals surface area contributed by atoms with Crippen molar-refractivity contribution < 1.29 is 19.1 Å². The Morgan fingerprint density at radius 3 is 2.68 bits per heavy atom. The van der Waals surface area contributed by atoms with Gasteiger partial charge in [0.15, 0.2) is 5.69 Å². The number of hydrogen-bond acceptors (Lipinski definition) is 3. The lowest BCUT2D eigenvalue weighted by atomic mass is 10.2. The number of benzene rings is 1. The van der Waals surface area contributed by atoms with Crippen LogP contribution in [0.25, 0.3) is 5.69 Å². The fourth-order valence-corrected chi connectivity index (χ4v) is 2.66. The number of carboxylic acid groups (broad SMARTS) is 1. The standard InChI is InChI=1S/C15H14FN3O3/c16-9-4-6-10(7-5-9)19-12-3-1-2-11(12)14(18-19)15(22)17-8-13(20)21/h4-7H,1-3,8H2,(H,17,22)(H,20,21). The molecular formula is C15H14FN3O3. The summed E-state index contributed by atoms with van der Waals surface area (Å²) in [7, 11) is 0. The van der Waals surface area contributed by atoms with Gasteiger partial charge in [-0.05, 0) is 43.5 Å². The lowest BCUT2D eigenvalue weighted by Gasteiger charge is -2.05. The molecule has 114 valence electrons. The van der Waals surface area contributed by atoms with E-state index in [0.717, 1.165) is 30.5 Å². The molecule has 0 bridgehead atoms. The number of carbonyl (C=O) groups is 2. The molecule has 0 saturated carbocycles. The van der Waals surface area contributed by atoms with Crippen LogP contribution in [0.1, 0.15) is 28.2 Å². The first-order valence-electron chi connectivity index (χ1n) is 6.93. The zero-order valence-corrected chi connectivity index (χ0v) is 11.7. The van der Waals surface area contributed by atoms with Crippen LogP contribution in [0.4, 0.5) is 4.39 Å². The SMILES string of the molecule is O=C(O)CNC(=O)c1nn(-c2ccc(F)cc2)c2c1CCC2. The van der Waals surface area contributed by atoms with Crippen LogP contribution in [0, 0.1) is 5.82 Å². The number of fused-ring (bicyclic) bond motifs is 1. The Morgan fingerprint density at radius 1 is 1.27 bits per heavy atom. The highest BCUT2D eigenvalue weighted by atomic mass is 19.1. The maximum absolute atomic E-state index is 13.0. The third kappa shape index (κ3) is 2.57. The lowest BCUT2D eigenvalue weighted by Crippen LogP contribution is -2.30. The van der Waals surface area contributed by atoms with E-state index in [-0.39, 0.29) is 11.5 Å². The first-order chi connectivity index (χ1) is 10.6. The first-order valence-corrected chi connectivity index (χ1v) is 6.93. The topological polar surface area (TPSA) is 84.2 Å². The normalized spacial score (nSPS) is 13.0. The quantitative estimate of drug-likeness (QED) is 0.892. The van der Waals surface area contributed by atoms with Gasteiger partial charge in [0.25, 0.3) is 5.91 Å². The Bertz CT molecular complexity index is 737. The molecule has 3 rings (SSSR count). The zero-order chi connectivity index (χ0) is 15.7. The second-order valence-corrected chi connectivity index (χ2v) is 5.09. The van der Waals surface area contributed by atoms with Gasteiger partial charge in [-0.25, -0.2) is 9.07 Å². The van der Waals surface area contributed by atoms with Gasteiger partial charge in [0.05, 0.1) is 5.69 Å². The number of carbonyl (C=O) groups excluding carboxylic acids is 1. The van der Waals surface area contributed by atoms with Crippen LogP contribution in [0.5, 0.6) is 0 Å². The summed E-state index contributed by atoms with van der Waals surface area (Å²) in [6, 6.07) is 5.87. The van der Waals surface area contributed by atoms with E-state index in [0.29, 0.717) is 5.69 Å². The summed E-state index contributed by atoms with van der Waals surface area (Å²) in [5.74, 6) is -1.95. The average Bonchev–Trinajstić information content (AvgIpc) is 3.08. The van der Waals surface area contributed by atoms with E-state index >= 15 is 0 Å². The van der Waals surface area contributed by atoms with Crippen molar-refractivity contribution in [2.24, 2.45) is 0 Å². The molecule has 0 saturated heterocycles. The number of rotatable bonds is 4. The van der Waals surface area contributed by atoms with Crippen LogP contribution < -0.4 is 5.32 Å². The summed E-state index contributed by atoms with van der Waals surface area (Å²) >= 11 is 0. The van der Waals surface area contributed by atoms with Crippen LogP contribution in [-0.4, -0.2) is 33.3 Å². The predicted octanol–water partition coefficient (Wildman–Crippen LogP) is 1.31. The third-order valence-electron chi connectivity index (χ3n) is 3.62. The lowest BCUT2D eigenvalue weighted by molar-refractivity contribution is -0.135. The molecule has 2 aromatic rings. The van der Waals surface area contributed by atoms with Crippen molar-refractivity contribution in [1.29, 1.82) is 0 Å². The van der Waals surface area contributed by atoms with Crippen LogP contribution >= 0.6 is 0 Å². The minimum Gasteiger partial charge on any atom is -0.480 e. The van der Waals surface area contributed by atoms with E-state index < -0.39 is 18.4 Å². The van der Waals surface area contributed by atoms with E-state index in [1.54, 1.807) is 16.8 Å². The molecule has 1 heterocycles. The van der Waals surface area contributed by atoms with Gasteiger partial charge in [-0.3, -0.25) is 9.59 Å². The molecule has 1 amide bonds. The largest absolute Gasteiger partial charge is 0.480 e. The summed E-state index contributed by atoms with van der Waals surface area (Å²) in [4.78, 5) is 22.6. The highest BCUT2D eigenvalue weighted by molar-refractivity contribution is 5.95. The second kappa shape index (κ2) is 5.59. The van der Waals surface area contributed by atoms with Crippen molar-refractivity contribution in [1.82, 2.24) is 15.1 Å². The highest BCUT2D eigenvalue weighted by Gasteiger charge is 2.27. The molecule has 22 heavy (non-hydrogen) atoms. The van der Waals surface area contributed by atoms with Crippen LogP contribution in [0.2, 0.25) is 0 Å². The van der Waals surface area contributed by atoms with Crippen LogP contribution in [0.3, 0.4) is 0 Å². The second-order valence-electron chi connectivity index (χ2n) is 5.09. The third-order valence-corrected chi connectivity index (χ3v) is 3.62. The first kappa shape index (κ1) is 14.2. The van der Waals surface area contributed by atoms with Crippen LogP contribution in [-0.2, 0) is 17.6 Å². The van der Waals surface area contributed by atoms with E-state index in [2.05, 4.69) is 10.4 Å². The monoisotopic (exact) mass is 303 g/mol. The van der Waals surface area contributed by atoms with Gasteiger partial charge in [0, 0.05) is 11.3 Å². The molecule has 7 heteroatoms. The van der Waals surface area contributed by atoms with Gasteiger partial charge in [-0.15, -0.1) is 0 Å². The predicted molar refractivity (Wildman–Crippen MR) is 75.5 cm³/mol. The number of amides is 1. The average molecular weight is 303 g/mol. The molecule has 2 N–H and O–H groups in total. The molecule has 1 aliphatic carbocycles. The number of nitrogens with one attached hydrogen (secondary N) is 1. The van der Waals surface area contributed by atoms with Gasteiger partial charge in [0.1, 0.15) is 12.4 Å². The van der Waals surface area contributed by atoms with Crippen molar-refractivity contribution in [2.45, 2.75) is 19.3 Å². The fourth-order valence-electron chi connectivity index (χ4n) is 2.66. The number of nitrogens with zero attached hydrogens (tertiary/aromatic N) is 2. The molecule has 1 aliphatic rings. The minimum atomic E-state index is -1.11. The van der Waals surface area contributed by atoms with Gasteiger partial charge in [-0.1, -0.05) is 0 Å². The molecule has 0 radical (unpaired) electrons. The van der Waals surface area contributed by atoms with Crippen molar-refractivity contribution in [2.75, 3.05) is 6.54 Å². The smallest absolute Gasteiger partial charge is 0.322 e. The maximum Gasteiger partial charge on any atom is 0.322 e. The minimum absolute atomic E-state index is 0.248. The molecule has 0 unspecified atom stereocenters. The Hall–Kier alpha value is -2.70. The van der Waals surface area contributed by atoms with Gasteiger partial charge in [0.2, 0.25) is 0 Å². The van der Waals surface area contributed by atoms with Gasteiger partial charge >= 0.3 is 5.97 Å². The number of hydrogen-bond donors (Lipinski definition) is 2. The molecule has 6 nitrogen and oxygen atoms in total. The molecular weight excluding hydrogens is 289 g/mol. The molecule has 0 fully saturated rings. The Labute approximate surface area is 125 Å². The van der Waals surface area contributed by atoms with Gasteiger partial charge in [-0.2, -0.15) is 5.10 Å². The highest BCUT2D eigenvalue weighted by Crippen LogP contribution is 2.27. The van der Waals surface area contributed by atoms with Crippen LogP contribution in [0.15, 0.2) is 24.3 Å². The summed E-state index contributed by atoms with van der Waals surface area (Å²) < 4.78 is 14.7. The molecule has 1 aromatic carbocycles. The van der Waals surface area contributed by atoms with E-state index in [4.69, 9.17) is 5.11 Å². The molecule has 0 spiro atoms. The zero-order valence-electron chi connectivity index (χ0n) is 11.7. The fraction of sp³-hybridized carbons (Fsp3) is 0.267. The molecule has 0 atom stereocenters. The van der Waals surface area contributed by atoms with Crippen molar-refractivity contribution in [3.05, 3.63) is 47.0 Å². The Balaban J connectivity index is 1.96. The summed E-state index contributed by atoms with van der Waals surface area (Å²) in [5.41, 5.74) is 2.69. The number of carboxylic acids is 1. The number of aliphatic carboxylic acids is 1. The summed E-state index contributed by atoms with van der Waals surface area (Å²) in [6.07, 6.45) is 2.42. The Kier molecular flexibility index (Phi) is 3.62. The summed E-state index contributed by atoms with van der Waals surface area (Å²) in [6.45, 7) is -0.447. The van der Waals surface area contributed by atoms with E-state index in [1.165, 1.54) is 12.1 Å². The van der Waals surface area contributed by atoms with Crippen molar-refractivity contribution in [3.8, 4) is 5.69 Å². The summed E-state index contributed by atoms with van der Waals surface area (Å²) in [5, 5.41) is 15.3. The van der Waals surface area contributed by atoms with E-state index in [9.17, 15) is 14.0 Å². The molecule has 1 aromatic heterocycles. The Morgan fingerprint density at radius 2 is 2.00 bits per heavy atom. The maximum atomic E-state index is 13.0.